The van der Waals surface area contributed by atoms with Crippen LogP contribution in [0.2, 0.25) is 0 Å². The molecule has 0 atom stereocenters. The third kappa shape index (κ3) is 8.37. The van der Waals surface area contributed by atoms with Crippen LogP contribution in [-0.4, -0.2) is 26.2 Å². The summed E-state index contributed by atoms with van der Waals surface area (Å²) in [6, 6.07) is 44.5. The summed E-state index contributed by atoms with van der Waals surface area (Å²) in [5.41, 5.74) is 1.90. The summed E-state index contributed by atoms with van der Waals surface area (Å²) >= 11 is 1.39. The minimum absolute atomic E-state index is 0. The summed E-state index contributed by atoms with van der Waals surface area (Å²) in [4.78, 5) is 4.16. The molecule has 0 fully saturated rings. The van der Waals surface area contributed by atoms with E-state index in [4.69, 9.17) is 0 Å². The van der Waals surface area contributed by atoms with Crippen LogP contribution in [0.25, 0.3) is 11.3 Å². The van der Waals surface area contributed by atoms with Crippen molar-refractivity contribution in [2.45, 2.75) is 0 Å². The van der Waals surface area contributed by atoms with Gasteiger partial charge in [0.2, 0.25) is 0 Å². The van der Waals surface area contributed by atoms with Gasteiger partial charge >= 0.3 is 0 Å². The van der Waals surface area contributed by atoms with Crippen LogP contribution in [0, 0.1) is 6.20 Å². The van der Waals surface area contributed by atoms with E-state index in [2.05, 4.69) is 137 Å². The molecule has 2 aromatic heterocycles. The van der Waals surface area contributed by atoms with E-state index in [-0.39, 0.29) is 20.1 Å². The first-order chi connectivity index (χ1) is 19.3. The molecule has 0 aliphatic rings. The van der Waals surface area contributed by atoms with E-state index in [1.807, 2.05) is 23.2 Å². The van der Waals surface area contributed by atoms with Gasteiger partial charge in [-0.05, 0) is 60.4 Å². The van der Waals surface area contributed by atoms with Crippen molar-refractivity contribution in [3.63, 3.8) is 0 Å². The van der Waals surface area contributed by atoms with Crippen LogP contribution in [0.15, 0.2) is 139 Å². The minimum atomic E-state index is -0.783. The summed E-state index contributed by atoms with van der Waals surface area (Å²) in [6.45, 7) is 0. The van der Waals surface area contributed by atoms with Gasteiger partial charge in [-0.15, -0.1) is 17.1 Å². The van der Waals surface area contributed by atoms with E-state index in [1.165, 1.54) is 45.1 Å². The predicted molar refractivity (Wildman–Crippen MR) is 174 cm³/mol. The number of aryl methyl sites for hydroxylation is 1. The van der Waals surface area contributed by atoms with Crippen molar-refractivity contribution in [1.29, 1.82) is 0 Å². The van der Waals surface area contributed by atoms with Gasteiger partial charge in [0, 0.05) is 27.2 Å². The number of aromatic nitrogens is 3. The van der Waals surface area contributed by atoms with E-state index in [9.17, 15) is 0 Å². The van der Waals surface area contributed by atoms with E-state index in [1.54, 1.807) is 6.33 Å². The molecule has 0 saturated carbocycles. The quantitative estimate of drug-likeness (QED) is 0.140. The fourth-order valence-corrected chi connectivity index (χ4v) is 11.3. The van der Waals surface area contributed by atoms with Gasteiger partial charge in [-0.25, -0.2) is 0 Å². The molecule has 0 spiro atoms. The molecule has 0 bridgehead atoms. The van der Waals surface area contributed by atoms with Gasteiger partial charge in [-0.2, -0.15) is 0 Å². The van der Waals surface area contributed by atoms with Gasteiger partial charge in [-0.1, -0.05) is 84.4 Å². The van der Waals surface area contributed by atoms with Crippen LogP contribution in [-0.2, 0) is 27.2 Å². The Morgan fingerprint density at radius 1 is 0.650 bits per heavy atom. The Labute approximate surface area is 257 Å². The molecule has 0 N–H and O–H groups in total. The van der Waals surface area contributed by atoms with Gasteiger partial charge in [0.1, 0.15) is 12.3 Å². The molecule has 7 heteroatoms. The van der Waals surface area contributed by atoms with Crippen molar-refractivity contribution >= 4 is 48.6 Å². The first-order valence-electron chi connectivity index (χ1n) is 13.0. The maximum atomic E-state index is 4.16. The molecule has 0 unspecified atom stereocenters. The van der Waals surface area contributed by atoms with Crippen LogP contribution < -0.4 is 21.2 Å². The summed E-state index contributed by atoms with van der Waals surface area (Å²) in [6.07, 6.45) is 9.09. The van der Waals surface area contributed by atoms with E-state index < -0.39 is 15.8 Å². The molecule has 0 amide bonds. The largest absolute Gasteiger partial charge is 0.353 e. The smallest absolute Gasteiger partial charge is 0.101 e. The van der Waals surface area contributed by atoms with E-state index in [0.29, 0.717) is 0 Å². The number of nitrogens with zero attached hydrogens (tertiary/aromatic N) is 3. The van der Waals surface area contributed by atoms with Crippen molar-refractivity contribution in [1.82, 2.24) is 13.9 Å². The van der Waals surface area contributed by atoms with Gasteiger partial charge < -0.3 is 9.55 Å². The van der Waals surface area contributed by atoms with Crippen LogP contribution in [0.5, 0.6) is 0 Å². The fraction of sp³-hybridized carbons (Fsp3) is 0.0909. The second-order valence-corrected chi connectivity index (χ2v) is 15.0. The maximum Gasteiger partial charge on any atom is 0.101 e. The molecule has 0 aliphatic heterocycles. The topological polar surface area (TPSA) is 30.7 Å². The summed E-state index contributed by atoms with van der Waals surface area (Å²) in [5.74, 6) is 0. The van der Waals surface area contributed by atoms with Crippen molar-refractivity contribution in [3.8, 4) is 11.3 Å². The molecule has 6 rings (SSSR count). The second kappa shape index (κ2) is 15.9. The molecule has 1 radical (unpaired) electrons. The SMILES string of the molecule is Cn1cnc(-c2[c-]nsc2)c1.[Ir].c1ccc([PH+](CC[PH+](c2ccccc2)c2ccccc2)c2ccccc2)cc1. The first-order valence-corrected chi connectivity index (χ1v) is 17.3. The van der Waals surface area contributed by atoms with Crippen molar-refractivity contribution in [2.75, 3.05) is 12.3 Å². The summed E-state index contributed by atoms with van der Waals surface area (Å²) in [7, 11) is 0.374. The monoisotopic (exact) mass is 757 g/mol. The van der Waals surface area contributed by atoms with Crippen molar-refractivity contribution in [2.24, 2.45) is 7.05 Å². The minimum Gasteiger partial charge on any atom is -0.353 e. The third-order valence-corrected chi connectivity index (χ3v) is 13.1. The normalized spacial score (nSPS) is 10.6. The first kappa shape index (κ1) is 30.2. The Balaban J connectivity index is 0.000000258. The van der Waals surface area contributed by atoms with Gasteiger partial charge in [-0.3, -0.25) is 4.37 Å². The van der Waals surface area contributed by atoms with E-state index >= 15 is 0 Å². The Kier molecular flexibility index (Phi) is 12.0. The molecule has 6 aromatic rings. The zero-order valence-electron chi connectivity index (χ0n) is 22.3. The second-order valence-electron chi connectivity index (χ2n) is 9.19. The van der Waals surface area contributed by atoms with Gasteiger partial charge in [0.25, 0.3) is 0 Å². The zero-order chi connectivity index (χ0) is 26.7. The molecule has 40 heavy (non-hydrogen) atoms. The fourth-order valence-electron chi connectivity index (χ4n) is 4.57. The van der Waals surface area contributed by atoms with Gasteiger partial charge in [0.05, 0.1) is 43.4 Å². The Bertz CT molecular complexity index is 1350. The van der Waals surface area contributed by atoms with Crippen LogP contribution in [0.3, 0.4) is 0 Å². The maximum absolute atomic E-state index is 4.16. The van der Waals surface area contributed by atoms with Gasteiger partial charge in [0.15, 0.2) is 0 Å². The summed E-state index contributed by atoms with van der Waals surface area (Å²) in [5, 5.41) is 7.99. The molecular weight excluding hydrogens is 725 g/mol. The molecule has 2 heterocycles. The molecule has 203 valence electrons. The summed E-state index contributed by atoms with van der Waals surface area (Å²) < 4.78 is 5.78. The number of hydrogen-bond acceptors (Lipinski definition) is 3. The third-order valence-electron chi connectivity index (χ3n) is 6.48. The van der Waals surface area contributed by atoms with E-state index in [0.717, 1.165) is 11.3 Å². The molecule has 0 aliphatic carbocycles. The average molecular weight is 757 g/mol. The Morgan fingerprint density at radius 2 is 1.05 bits per heavy atom. The Morgan fingerprint density at radius 3 is 1.35 bits per heavy atom. The van der Waals surface area contributed by atoms with Crippen LogP contribution in [0.4, 0.5) is 0 Å². The average Bonchev–Trinajstić information content (AvgIpc) is 3.70. The van der Waals surface area contributed by atoms with Crippen LogP contribution >= 0.6 is 27.4 Å². The zero-order valence-corrected chi connectivity index (χ0v) is 27.5. The number of imidazole rings is 1. The van der Waals surface area contributed by atoms with Crippen LogP contribution in [0.1, 0.15) is 0 Å². The van der Waals surface area contributed by atoms with Crippen molar-refractivity contribution in [3.05, 3.63) is 145 Å². The molecule has 0 saturated heterocycles. The number of rotatable bonds is 8. The standard InChI is InChI=1S/C26H24P2.C7H6N3S.Ir/c1-5-13-23(14-6-1)27(24-15-7-2-8-16-24)21-22-28(25-17-9-3-10-18-25)26-19-11-4-12-20-26;1-10-3-7(8-5-10)6-2-9-11-4-6;/h1-20H,21-22H2;3-5H,1H3;/q;-1;/p+2. The Hall–Kier alpha value is -2.77. The number of hydrogen-bond donors (Lipinski definition) is 0. The predicted octanol–water partition coefficient (Wildman–Crippen LogP) is 6.06. The molecule has 3 nitrogen and oxygen atoms in total. The number of benzene rings is 4. The molecular formula is C33H32IrN3P2S+. The van der Waals surface area contributed by atoms with Crippen molar-refractivity contribution < 1.29 is 20.1 Å². The molecule has 4 aromatic carbocycles.